The Kier molecular flexibility index (Phi) is 3.18. The molecule has 1 aliphatic rings. The minimum atomic E-state index is -0.550. The number of aliphatic imine (C=N–C) groups is 1. The van der Waals surface area contributed by atoms with Crippen LogP contribution in [0.3, 0.4) is 0 Å². The first kappa shape index (κ1) is 12.3. The Morgan fingerprint density at radius 2 is 2.28 bits per heavy atom. The van der Waals surface area contributed by atoms with E-state index in [9.17, 15) is 4.79 Å². The summed E-state index contributed by atoms with van der Waals surface area (Å²) in [7, 11) is 1.30. The number of hydrogen-bond acceptors (Lipinski definition) is 5. The Morgan fingerprint density at radius 3 is 2.78 bits per heavy atom. The summed E-state index contributed by atoms with van der Waals surface area (Å²) in [5, 5.41) is 2.47. The van der Waals surface area contributed by atoms with Gasteiger partial charge in [-0.15, -0.1) is 0 Å². The molecule has 1 aliphatic heterocycles. The van der Waals surface area contributed by atoms with E-state index in [0.717, 1.165) is 5.56 Å². The normalized spacial score (nSPS) is 16.7. The molecule has 6 heteroatoms. The lowest BCUT2D eigenvalue weighted by atomic mass is 10.1. The highest BCUT2D eigenvalue weighted by Crippen LogP contribution is 2.20. The Morgan fingerprint density at radius 1 is 1.50 bits per heavy atom. The second kappa shape index (κ2) is 4.64. The number of aromatic nitrogens is 1. The number of nitrogens with zero attached hydrogens (tertiary/aromatic N) is 2. The van der Waals surface area contributed by atoms with Gasteiger partial charge in [-0.3, -0.25) is 5.32 Å². The third kappa shape index (κ3) is 2.77. The summed E-state index contributed by atoms with van der Waals surface area (Å²) < 4.78 is 9.97. The number of ether oxygens (including phenoxy) is 2. The van der Waals surface area contributed by atoms with Crippen LogP contribution in [0, 0.1) is 0 Å². The Labute approximate surface area is 105 Å². The van der Waals surface area contributed by atoms with Crippen molar-refractivity contribution in [1.82, 2.24) is 4.98 Å². The van der Waals surface area contributed by atoms with Crippen molar-refractivity contribution in [3.05, 3.63) is 23.9 Å². The van der Waals surface area contributed by atoms with Crippen LogP contribution in [-0.4, -0.2) is 36.2 Å². The Hall–Kier alpha value is -2.11. The van der Waals surface area contributed by atoms with E-state index in [2.05, 4.69) is 20.0 Å². The molecule has 0 radical (unpaired) electrons. The molecule has 0 fully saturated rings. The van der Waals surface area contributed by atoms with E-state index >= 15 is 0 Å². The number of methoxy groups -OCH3 is 1. The highest BCUT2D eigenvalue weighted by Gasteiger charge is 2.27. The van der Waals surface area contributed by atoms with Crippen LogP contribution in [0.15, 0.2) is 23.3 Å². The summed E-state index contributed by atoms with van der Waals surface area (Å²) in [5.41, 5.74) is 0.592. The maximum absolute atomic E-state index is 11.0. The zero-order valence-corrected chi connectivity index (χ0v) is 10.6. The van der Waals surface area contributed by atoms with Crippen LogP contribution in [0.4, 0.5) is 10.6 Å². The molecule has 1 amide bonds. The summed E-state index contributed by atoms with van der Waals surface area (Å²) in [5.74, 6) is 1.00. The fraction of sp³-hybridized carbons (Fsp3) is 0.417. The van der Waals surface area contributed by atoms with Crippen LogP contribution >= 0.6 is 0 Å². The smallest absolute Gasteiger partial charge is 0.412 e. The predicted octanol–water partition coefficient (Wildman–Crippen LogP) is 1.82. The van der Waals surface area contributed by atoms with E-state index in [0.29, 0.717) is 18.3 Å². The molecule has 0 saturated heterocycles. The molecule has 0 bridgehead atoms. The molecule has 0 aromatic carbocycles. The number of anilines is 1. The topological polar surface area (TPSA) is 72.8 Å². The van der Waals surface area contributed by atoms with Gasteiger partial charge in [0.25, 0.3) is 0 Å². The third-order valence-electron chi connectivity index (χ3n) is 2.39. The second-order valence-electron chi connectivity index (χ2n) is 4.57. The summed E-state index contributed by atoms with van der Waals surface area (Å²) in [6.07, 6.45) is 1.05. The fourth-order valence-corrected chi connectivity index (χ4v) is 1.48. The molecule has 0 unspecified atom stereocenters. The third-order valence-corrected chi connectivity index (χ3v) is 2.39. The molecule has 6 nitrogen and oxygen atoms in total. The van der Waals surface area contributed by atoms with Crippen LogP contribution < -0.4 is 5.32 Å². The van der Waals surface area contributed by atoms with Crippen LogP contribution in [0.25, 0.3) is 0 Å². The number of hydrogen-bond donors (Lipinski definition) is 1. The SMILES string of the molecule is COC(=O)Nc1ccc(C2=NC(C)(C)CO2)cn1. The van der Waals surface area contributed by atoms with E-state index in [1.165, 1.54) is 7.11 Å². The van der Waals surface area contributed by atoms with Gasteiger partial charge in [-0.05, 0) is 26.0 Å². The van der Waals surface area contributed by atoms with Crippen molar-refractivity contribution in [1.29, 1.82) is 0 Å². The summed E-state index contributed by atoms with van der Waals surface area (Å²) in [6.45, 7) is 4.56. The number of nitrogens with one attached hydrogen (secondary N) is 1. The van der Waals surface area contributed by atoms with Crippen molar-refractivity contribution >= 4 is 17.8 Å². The van der Waals surface area contributed by atoms with Gasteiger partial charge in [0.05, 0.1) is 18.2 Å². The largest absolute Gasteiger partial charge is 0.475 e. The summed E-state index contributed by atoms with van der Waals surface area (Å²) in [6, 6.07) is 3.46. The zero-order chi connectivity index (χ0) is 13.2. The second-order valence-corrected chi connectivity index (χ2v) is 4.57. The van der Waals surface area contributed by atoms with E-state index in [1.54, 1.807) is 18.3 Å². The van der Waals surface area contributed by atoms with Gasteiger partial charge in [0, 0.05) is 6.20 Å². The quantitative estimate of drug-likeness (QED) is 0.867. The number of carbonyl (C=O) groups excluding carboxylic acids is 1. The molecule has 0 atom stereocenters. The highest BCUT2D eigenvalue weighted by atomic mass is 16.5. The van der Waals surface area contributed by atoms with Gasteiger partial charge >= 0.3 is 6.09 Å². The lowest BCUT2D eigenvalue weighted by Gasteiger charge is -2.07. The maximum Gasteiger partial charge on any atom is 0.412 e. The van der Waals surface area contributed by atoms with E-state index < -0.39 is 6.09 Å². The molecule has 0 spiro atoms. The minimum Gasteiger partial charge on any atom is -0.475 e. The van der Waals surface area contributed by atoms with Gasteiger partial charge in [-0.25, -0.2) is 14.8 Å². The van der Waals surface area contributed by atoms with Crippen molar-refractivity contribution < 1.29 is 14.3 Å². The monoisotopic (exact) mass is 249 g/mol. The van der Waals surface area contributed by atoms with Gasteiger partial charge < -0.3 is 9.47 Å². The van der Waals surface area contributed by atoms with Crippen molar-refractivity contribution in [2.24, 2.45) is 4.99 Å². The molecule has 18 heavy (non-hydrogen) atoms. The van der Waals surface area contributed by atoms with E-state index in [4.69, 9.17) is 4.74 Å². The first-order valence-electron chi connectivity index (χ1n) is 5.54. The molecule has 96 valence electrons. The molecule has 0 aliphatic carbocycles. The zero-order valence-electron chi connectivity index (χ0n) is 10.6. The molecule has 1 N–H and O–H groups in total. The van der Waals surface area contributed by atoms with Crippen LogP contribution in [0.2, 0.25) is 0 Å². The lowest BCUT2D eigenvalue weighted by Crippen LogP contribution is -2.17. The van der Waals surface area contributed by atoms with Gasteiger partial charge in [-0.2, -0.15) is 0 Å². The van der Waals surface area contributed by atoms with Crippen molar-refractivity contribution in [2.45, 2.75) is 19.4 Å². The standard InChI is InChI=1S/C12H15N3O3/c1-12(2)7-18-10(15-12)8-4-5-9(13-6-8)14-11(16)17-3/h4-6H,7H2,1-3H3,(H,13,14,16). The maximum atomic E-state index is 11.0. The Bertz CT molecular complexity index is 480. The molecular formula is C12H15N3O3. The van der Waals surface area contributed by atoms with Crippen LogP contribution in [0.5, 0.6) is 0 Å². The molecular weight excluding hydrogens is 234 g/mol. The fourth-order valence-electron chi connectivity index (χ4n) is 1.48. The Balaban J connectivity index is 2.11. The van der Waals surface area contributed by atoms with Gasteiger partial charge in [-0.1, -0.05) is 0 Å². The first-order chi connectivity index (χ1) is 8.50. The van der Waals surface area contributed by atoms with Gasteiger partial charge in [0.1, 0.15) is 12.4 Å². The highest BCUT2D eigenvalue weighted by molar-refractivity contribution is 5.95. The van der Waals surface area contributed by atoms with E-state index in [-0.39, 0.29) is 5.54 Å². The average molecular weight is 249 g/mol. The summed E-state index contributed by atoms with van der Waals surface area (Å²) in [4.78, 5) is 19.5. The molecule has 0 saturated carbocycles. The van der Waals surface area contributed by atoms with E-state index in [1.807, 2.05) is 13.8 Å². The van der Waals surface area contributed by atoms with Gasteiger partial charge in [0.15, 0.2) is 0 Å². The summed E-state index contributed by atoms with van der Waals surface area (Å²) >= 11 is 0. The van der Waals surface area contributed by atoms with Crippen molar-refractivity contribution in [3.8, 4) is 0 Å². The van der Waals surface area contributed by atoms with Crippen LogP contribution in [0.1, 0.15) is 19.4 Å². The first-order valence-corrected chi connectivity index (χ1v) is 5.54. The molecule has 2 heterocycles. The van der Waals surface area contributed by atoms with Crippen molar-refractivity contribution in [2.75, 3.05) is 19.0 Å². The predicted molar refractivity (Wildman–Crippen MR) is 66.8 cm³/mol. The van der Waals surface area contributed by atoms with Gasteiger partial charge in [0.2, 0.25) is 5.90 Å². The number of amides is 1. The molecule has 1 aromatic rings. The minimum absolute atomic E-state index is 0.196. The number of pyridine rings is 1. The number of rotatable bonds is 2. The molecule has 1 aromatic heterocycles. The lowest BCUT2D eigenvalue weighted by molar-refractivity contribution is 0.187. The average Bonchev–Trinajstić information content (AvgIpc) is 2.70. The molecule has 2 rings (SSSR count). The van der Waals surface area contributed by atoms with Crippen LogP contribution in [-0.2, 0) is 9.47 Å². The van der Waals surface area contributed by atoms with Crippen molar-refractivity contribution in [3.63, 3.8) is 0 Å². The number of carbonyl (C=O) groups is 1.